The summed E-state index contributed by atoms with van der Waals surface area (Å²) in [5.74, 6) is 0. The lowest BCUT2D eigenvalue weighted by molar-refractivity contribution is 1.13. The van der Waals surface area contributed by atoms with Crippen molar-refractivity contribution in [3.05, 3.63) is 212 Å². The van der Waals surface area contributed by atoms with Gasteiger partial charge in [0.05, 0.1) is 74.6 Å². The predicted octanol–water partition coefficient (Wildman–Crippen LogP) is 14.3. The molecule has 3 aromatic heterocycles. The van der Waals surface area contributed by atoms with E-state index in [-0.39, 0.29) is 27.5 Å². The first kappa shape index (κ1) is 17.0. The number of rotatable bonds is 5. The molecule has 0 unspecified atom stereocenters. The van der Waals surface area contributed by atoms with Gasteiger partial charge in [-0.3, -0.25) is 0 Å². The van der Waals surface area contributed by atoms with Gasteiger partial charge in [0.1, 0.15) is 0 Å². The Kier molecular flexibility index (Phi) is 3.72. The molecule has 0 fully saturated rings. The third-order valence-corrected chi connectivity index (χ3v) is 10.2. The molecule has 0 saturated heterocycles. The first-order valence-corrected chi connectivity index (χ1v) is 17.8. The zero-order chi connectivity index (χ0) is 56.6. The van der Waals surface area contributed by atoms with Gasteiger partial charge in [0.25, 0.3) is 0 Å². The van der Waals surface area contributed by atoms with Crippen LogP contribution in [0, 0.1) is 0 Å². The van der Waals surface area contributed by atoms with Gasteiger partial charge in [0.15, 0.2) is 0 Å². The van der Waals surface area contributed by atoms with Crippen molar-refractivity contribution in [3.63, 3.8) is 0 Å². The fourth-order valence-corrected chi connectivity index (χ4v) is 7.91. The normalized spacial score (nSPS) is 17.3. The molecule has 3 heteroatoms. The smallest absolute Gasteiger partial charge is 0.0782 e. The molecule has 12 rings (SSSR count). The van der Waals surface area contributed by atoms with Crippen molar-refractivity contribution in [1.82, 2.24) is 13.7 Å². The molecular formula is C54H35N3. The summed E-state index contributed by atoms with van der Waals surface area (Å²) < 4.78 is 208. The molecule has 0 spiro atoms. The van der Waals surface area contributed by atoms with E-state index in [2.05, 4.69) is 0 Å². The van der Waals surface area contributed by atoms with Crippen LogP contribution >= 0.6 is 0 Å². The monoisotopic (exact) mass is 747 g/mol. The van der Waals surface area contributed by atoms with E-state index in [1.165, 1.54) is 4.57 Å². The molecule has 266 valence electrons. The lowest BCUT2D eigenvalue weighted by Crippen LogP contribution is -2.04. The number of hydrogen-bond acceptors (Lipinski definition) is 0. The zero-order valence-electron chi connectivity index (χ0n) is 51.3. The number of fused-ring (bicyclic) bond motifs is 9. The number of nitrogens with zero attached hydrogens (tertiary/aromatic N) is 3. The summed E-state index contributed by atoms with van der Waals surface area (Å²) in [6.45, 7) is 0. The summed E-state index contributed by atoms with van der Waals surface area (Å²) in [6.07, 6.45) is 0. The van der Waals surface area contributed by atoms with Crippen LogP contribution in [0.15, 0.2) is 212 Å². The van der Waals surface area contributed by atoms with Gasteiger partial charge in [0.2, 0.25) is 0 Å². The minimum absolute atomic E-state index is 0.223. The SMILES string of the molecule is [2H]c1c([2H])c([2H])c2c(c1[2H])c1c([2H])c([2H])c([2H])c([2H])c1n2-c1c([2H])c([2H])c2c3c([2H])c([2H])c([2H])c([2H])c3n(-c3c([2H])c([2H])c([2H])c4c5c([2H])c([2H])c([2H])c([2H])c5n(-c5c(-c6ccccc6)cccc5-c5ccccc5)c34)c2c1[2H]. The Morgan fingerprint density at radius 2 is 0.789 bits per heavy atom. The van der Waals surface area contributed by atoms with Crippen molar-refractivity contribution < 1.29 is 30.2 Å². The topological polar surface area (TPSA) is 14.8 Å². The Hall–Kier alpha value is -7.62. The van der Waals surface area contributed by atoms with E-state index < -0.39 is 188 Å². The highest BCUT2D eigenvalue weighted by atomic mass is 15.1. The maximum absolute atomic E-state index is 10.4. The molecule has 12 aromatic rings. The molecule has 9 aromatic carbocycles. The maximum atomic E-state index is 10.4. The van der Waals surface area contributed by atoms with E-state index in [9.17, 15) is 16.4 Å². The van der Waals surface area contributed by atoms with E-state index in [0.717, 1.165) is 9.13 Å². The van der Waals surface area contributed by atoms with Crippen LogP contribution in [0.3, 0.4) is 0 Å². The minimum Gasteiger partial charge on any atom is -0.309 e. The molecule has 0 aliphatic heterocycles. The van der Waals surface area contributed by atoms with Gasteiger partial charge in [0, 0.05) is 49.1 Å². The minimum atomic E-state index is -0.899. The van der Waals surface area contributed by atoms with Crippen LogP contribution in [-0.2, 0) is 0 Å². The van der Waals surface area contributed by atoms with Gasteiger partial charge < -0.3 is 13.7 Å². The van der Waals surface area contributed by atoms with Crippen molar-refractivity contribution in [2.45, 2.75) is 0 Å². The lowest BCUT2D eigenvalue weighted by atomic mass is 9.95. The molecule has 0 atom stereocenters. The van der Waals surface area contributed by atoms with Crippen LogP contribution in [0.5, 0.6) is 0 Å². The quantitative estimate of drug-likeness (QED) is 0.167. The van der Waals surface area contributed by atoms with Crippen LogP contribution in [0.2, 0.25) is 0 Å². The molecule has 3 nitrogen and oxygen atoms in total. The number of para-hydroxylation sites is 6. The summed E-state index contributed by atoms with van der Waals surface area (Å²) in [7, 11) is 0. The third-order valence-electron chi connectivity index (χ3n) is 10.2. The second-order valence-corrected chi connectivity index (χ2v) is 13.2. The van der Waals surface area contributed by atoms with E-state index in [4.69, 9.17) is 13.7 Å². The van der Waals surface area contributed by atoms with Gasteiger partial charge in [-0.05, 0) is 53.4 Å². The highest BCUT2D eigenvalue weighted by molar-refractivity contribution is 6.16. The average Bonchev–Trinajstić information content (AvgIpc) is 3.29. The predicted molar refractivity (Wildman–Crippen MR) is 240 cm³/mol. The highest BCUT2D eigenvalue weighted by Crippen LogP contribution is 2.45. The molecule has 0 amide bonds. The molecule has 0 radical (unpaired) electrons. The third kappa shape index (κ3) is 4.66. The molecule has 0 N–H and O–H groups in total. The second-order valence-electron chi connectivity index (χ2n) is 13.2. The van der Waals surface area contributed by atoms with E-state index in [1.807, 2.05) is 0 Å². The van der Waals surface area contributed by atoms with Crippen LogP contribution in [0.25, 0.3) is 105 Å². The second kappa shape index (κ2) is 12.5. The number of benzene rings is 9. The van der Waals surface area contributed by atoms with Crippen molar-refractivity contribution in [2.24, 2.45) is 0 Å². The number of hydrogen-bond donors (Lipinski definition) is 0. The van der Waals surface area contributed by atoms with Crippen molar-refractivity contribution >= 4 is 65.4 Å². The summed E-state index contributed by atoms with van der Waals surface area (Å²) in [6, 6.07) is 5.99. The Labute approximate surface area is 360 Å². The number of aromatic nitrogens is 3. The molecule has 57 heavy (non-hydrogen) atoms. The highest BCUT2D eigenvalue weighted by Gasteiger charge is 2.24. The Balaban J connectivity index is 1.42. The van der Waals surface area contributed by atoms with E-state index in [1.54, 1.807) is 78.9 Å². The average molecular weight is 748 g/mol. The van der Waals surface area contributed by atoms with E-state index in [0.29, 0.717) is 22.3 Å². The van der Waals surface area contributed by atoms with Crippen LogP contribution in [-0.4, -0.2) is 13.7 Å². The first-order valence-electron chi connectivity index (χ1n) is 28.8. The summed E-state index contributed by atoms with van der Waals surface area (Å²) >= 11 is 0. The van der Waals surface area contributed by atoms with Crippen LogP contribution in [0.1, 0.15) is 30.2 Å². The summed E-state index contributed by atoms with van der Waals surface area (Å²) in [5, 5.41) is -2.38. The zero-order valence-corrected chi connectivity index (χ0v) is 29.3. The van der Waals surface area contributed by atoms with Gasteiger partial charge in [-0.25, -0.2) is 0 Å². The molecule has 0 aliphatic carbocycles. The van der Waals surface area contributed by atoms with Gasteiger partial charge in [-0.15, -0.1) is 0 Å². The van der Waals surface area contributed by atoms with Gasteiger partial charge in [-0.2, -0.15) is 0 Å². The largest absolute Gasteiger partial charge is 0.309 e. The molecule has 3 heterocycles. The van der Waals surface area contributed by atoms with Crippen LogP contribution < -0.4 is 0 Å². The fraction of sp³-hybridized carbons (Fsp3) is 0. The van der Waals surface area contributed by atoms with Crippen molar-refractivity contribution in [1.29, 1.82) is 0 Å². The molecule has 0 aliphatic rings. The molecule has 0 bridgehead atoms. The summed E-state index contributed by atoms with van der Waals surface area (Å²) in [5.41, 5.74) is -1.61. The molecular weight excluding hydrogens is 691 g/mol. The summed E-state index contributed by atoms with van der Waals surface area (Å²) in [4.78, 5) is 0. The maximum Gasteiger partial charge on any atom is 0.0782 e. The lowest BCUT2D eigenvalue weighted by Gasteiger charge is -2.21. The van der Waals surface area contributed by atoms with Gasteiger partial charge in [-0.1, -0.05) is 169 Å². The Bertz CT molecular complexity index is 4660. The van der Waals surface area contributed by atoms with Crippen molar-refractivity contribution in [3.8, 4) is 39.3 Å². The Morgan fingerprint density at radius 3 is 1.35 bits per heavy atom. The Morgan fingerprint density at radius 1 is 0.333 bits per heavy atom. The van der Waals surface area contributed by atoms with Crippen molar-refractivity contribution in [2.75, 3.05) is 0 Å². The molecule has 0 saturated carbocycles. The van der Waals surface area contributed by atoms with Crippen LogP contribution in [0.4, 0.5) is 0 Å². The van der Waals surface area contributed by atoms with Gasteiger partial charge >= 0.3 is 0 Å². The standard InChI is InChI=1S/C54H35N3/c1-3-17-36(18-4-1)39-25-15-26-40(37-19-5-2-6-20-37)53(39)57-50-31-14-10-24-44(50)46-27-16-32-51(54(46)57)56-49-30-13-9-23-43(49)45-34-33-38(35-52(45)56)55-47-28-11-7-21-41(47)42-22-8-12-29-48(42)55/h1-35H/i7D,8D,9D,10D,11D,12D,13D,14D,16D,21D,22D,23D,24D,27D,28D,29D,30D,31D,32D,33D,34D,35D. The first-order chi connectivity index (χ1) is 37.5. The van der Waals surface area contributed by atoms with E-state index >= 15 is 0 Å². The fourth-order valence-electron chi connectivity index (χ4n) is 7.91.